The van der Waals surface area contributed by atoms with Crippen LogP contribution in [0.1, 0.15) is 73.5 Å². The number of aromatic nitrogens is 6. The van der Waals surface area contributed by atoms with Crippen molar-refractivity contribution in [1.82, 2.24) is 35.2 Å². The molecule has 16 nitrogen and oxygen atoms in total. The number of carbonyl (C=O) groups is 1. The molecular weight excluding hydrogens is 763 g/mol. The zero-order valence-electron chi connectivity index (χ0n) is 34.9. The number of aryl methyl sites for hydroxylation is 2. The third-order valence-electron chi connectivity index (χ3n) is 11.7. The van der Waals surface area contributed by atoms with E-state index in [2.05, 4.69) is 74.6 Å². The quantitative estimate of drug-likeness (QED) is 0.177. The van der Waals surface area contributed by atoms with Gasteiger partial charge in [-0.25, -0.2) is 29.9 Å². The van der Waals surface area contributed by atoms with Crippen LogP contribution in [0.2, 0.25) is 0 Å². The lowest BCUT2D eigenvalue weighted by molar-refractivity contribution is 0.0958. The van der Waals surface area contributed by atoms with Gasteiger partial charge in [0.15, 0.2) is 0 Å². The second-order valence-corrected chi connectivity index (χ2v) is 16.0. The Labute approximate surface area is 351 Å². The maximum absolute atomic E-state index is 11.8. The van der Waals surface area contributed by atoms with Gasteiger partial charge < -0.3 is 45.1 Å². The van der Waals surface area contributed by atoms with Gasteiger partial charge in [-0.2, -0.15) is 0 Å². The Hall–Kier alpha value is -5.45. The van der Waals surface area contributed by atoms with Gasteiger partial charge in [0, 0.05) is 87.4 Å². The smallest absolute Gasteiger partial charge is 0.269 e. The van der Waals surface area contributed by atoms with Crippen LogP contribution in [0, 0.1) is 13.8 Å². The third kappa shape index (κ3) is 10.3. The fourth-order valence-corrected chi connectivity index (χ4v) is 8.32. The maximum atomic E-state index is 11.8. The predicted molar refractivity (Wildman–Crippen MR) is 231 cm³/mol. The number of hydrogen-bond acceptors (Lipinski definition) is 15. The molecule has 2 saturated heterocycles. The highest BCUT2D eigenvalue weighted by Gasteiger charge is 2.26. The van der Waals surface area contributed by atoms with Gasteiger partial charge >= 0.3 is 0 Å². The van der Waals surface area contributed by atoms with E-state index >= 15 is 0 Å². The Kier molecular flexibility index (Phi) is 13.3. The minimum Gasteiger partial charge on any atom is -0.490 e. The third-order valence-corrected chi connectivity index (χ3v) is 11.7. The van der Waals surface area contributed by atoms with E-state index in [1.165, 1.54) is 0 Å². The maximum Gasteiger partial charge on any atom is 0.269 e. The van der Waals surface area contributed by atoms with E-state index in [4.69, 9.17) is 24.7 Å². The first-order chi connectivity index (χ1) is 29.3. The molecule has 0 radical (unpaired) electrons. The summed E-state index contributed by atoms with van der Waals surface area (Å²) < 4.78 is 24.0. The predicted octanol–water partition coefficient (Wildman–Crippen LogP) is 5.15. The van der Waals surface area contributed by atoms with Gasteiger partial charge in [0.05, 0.1) is 60.4 Å². The van der Waals surface area contributed by atoms with Gasteiger partial charge in [0.25, 0.3) is 5.91 Å². The van der Waals surface area contributed by atoms with Gasteiger partial charge in [-0.15, -0.1) is 0 Å². The molecule has 3 aromatic heterocycles. The molecule has 60 heavy (non-hydrogen) atoms. The number of anilines is 3. The number of nitrogens with two attached hydrogens (primary N) is 1. The van der Waals surface area contributed by atoms with E-state index < -0.39 is 0 Å². The lowest BCUT2D eigenvalue weighted by atomic mass is 9.93. The second-order valence-electron chi connectivity index (χ2n) is 16.0. The Bertz CT molecular complexity index is 2230. The molecule has 0 spiro atoms. The van der Waals surface area contributed by atoms with Crippen LogP contribution in [0.25, 0.3) is 21.8 Å². The molecule has 0 atom stereocenters. The molecule has 16 heteroatoms. The van der Waals surface area contributed by atoms with E-state index in [0.29, 0.717) is 17.7 Å². The van der Waals surface area contributed by atoms with Gasteiger partial charge in [-0.05, 0) is 83.4 Å². The molecule has 4 fully saturated rings. The lowest BCUT2D eigenvalue weighted by Gasteiger charge is -2.31. The van der Waals surface area contributed by atoms with Crippen molar-refractivity contribution >= 4 is 45.0 Å². The fourth-order valence-electron chi connectivity index (χ4n) is 8.32. The summed E-state index contributed by atoms with van der Waals surface area (Å²) in [6.07, 6.45) is 13.4. The average Bonchev–Trinajstić information content (AvgIpc) is 3.28. The van der Waals surface area contributed by atoms with Gasteiger partial charge in [0.2, 0.25) is 5.95 Å². The Morgan fingerprint density at radius 2 is 1.20 bits per heavy atom. The number of fused-ring (bicyclic) bond motifs is 2. The summed E-state index contributed by atoms with van der Waals surface area (Å²) in [5, 5.41) is 7.89. The molecule has 0 bridgehead atoms. The number of amides is 1. The van der Waals surface area contributed by atoms with Crippen molar-refractivity contribution in [2.75, 3.05) is 74.8 Å². The number of benzene rings is 2. The number of morpholine rings is 2. The highest BCUT2D eigenvalue weighted by atomic mass is 16.5. The number of nitrogens with one attached hydrogen (secondary N) is 2. The largest absolute Gasteiger partial charge is 0.490 e. The number of rotatable bonds is 9. The lowest BCUT2D eigenvalue weighted by Crippen LogP contribution is -2.36. The molecule has 5 heterocycles. The Balaban J connectivity index is 0.000000176. The first-order valence-electron chi connectivity index (χ1n) is 21.4. The zero-order chi connectivity index (χ0) is 41.4. The number of carbonyl (C=O) groups excluding carboxylic acids is 1. The van der Waals surface area contributed by atoms with E-state index in [1.54, 1.807) is 19.3 Å². The topological polar surface area (TPSA) is 188 Å². The Morgan fingerprint density at radius 3 is 1.70 bits per heavy atom. The summed E-state index contributed by atoms with van der Waals surface area (Å²) in [6.45, 7) is 10.3. The highest BCUT2D eigenvalue weighted by molar-refractivity contribution is 5.92. The summed E-state index contributed by atoms with van der Waals surface area (Å²) in [7, 11) is 1.59. The molecule has 4 aliphatic rings. The van der Waals surface area contributed by atoms with Crippen molar-refractivity contribution in [2.24, 2.45) is 5.73 Å². The summed E-state index contributed by atoms with van der Waals surface area (Å²) in [6, 6.07) is 10.7. The molecule has 5 aromatic rings. The van der Waals surface area contributed by atoms with Crippen LogP contribution in [-0.4, -0.2) is 120 Å². The summed E-state index contributed by atoms with van der Waals surface area (Å²) in [5.41, 5.74) is 10.5. The van der Waals surface area contributed by atoms with Crippen molar-refractivity contribution in [1.29, 1.82) is 0 Å². The molecule has 2 aromatic carbocycles. The van der Waals surface area contributed by atoms with E-state index in [1.807, 2.05) is 26.2 Å². The molecular formula is C44H57N11O5. The van der Waals surface area contributed by atoms with Crippen LogP contribution in [0.15, 0.2) is 48.9 Å². The van der Waals surface area contributed by atoms with Gasteiger partial charge in [-0.3, -0.25) is 4.79 Å². The fraction of sp³-hybridized carbons (Fsp3) is 0.523. The van der Waals surface area contributed by atoms with E-state index in [-0.39, 0.29) is 24.2 Å². The van der Waals surface area contributed by atoms with Crippen LogP contribution in [0.4, 0.5) is 17.3 Å². The summed E-state index contributed by atoms with van der Waals surface area (Å²) in [5.74, 6) is 3.50. The van der Waals surface area contributed by atoms with E-state index in [0.717, 1.165) is 160 Å². The number of hydrogen-bond donors (Lipinski definition) is 3. The SMILES string of the molecule is CNC(=O)c1ccnc(NC2CCC(Oc3cc(N4CCOCC4)cc4nc(C)ncc34)CC2)n1.Cc1ncc2c(OC3CCC(N)CC3)cc(N3CCOCC3)cc2n1. The number of nitrogens with zero attached hydrogens (tertiary/aromatic N) is 8. The number of ether oxygens (including phenoxy) is 4. The molecule has 318 valence electrons. The highest BCUT2D eigenvalue weighted by Crippen LogP contribution is 2.36. The monoisotopic (exact) mass is 819 g/mol. The minimum atomic E-state index is -0.224. The molecule has 0 unspecified atom stereocenters. The van der Waals surface area contributed by atoms with Crippen molar-refractivity contribution in [3.8, 4) is 11.5 Å². The minimum absolute atomic E-state index is 0.107. The first kappa shape index (κ1) is 41.3. The van der Waals surface area contributed by atoms with Crippen LogP contribution >= 0.6 is 0 Å². The normalized spacial score (nSPS) is 22.1. The summed E-state index contributed by atoms with van der Waals surface area (Å²) in [4.78, 5) is 43.2. The standard InChI is InChI=1S/C25H31N7O3.C19H26N4O2/c1-16-28-15-20-22(29-16)13-18(32-9-11-34-12-10-32)14-23(20)35-19-5-3-17(4-6-19)30-25-27-8-7-21(31-25)24(33)26-2;1-13-21-12-17-18(22-13)10-15(23-6-8-24-9-7-23)11-19(17)25-16-4-2-14(20)3-5-16/h7-8,13-15,17,19H,3-6,9-12H2,1-2H3,(H,26,33)(H,27,30,31);10-12,14,16H,2-9,20H2,1H3. The summed E-state index contributed by atoms with van der Waals surface area (Å²) >= 11 is 0. The first-order valence-corrected chi connectivity index (χ1v) is 21.4. The van der Waals surface area contributed by atoms with Crippen molar-refractivity contribution in [2.45, 2.75) is 89.5 Å². The second kappa shape index (κ2) is 19.3. The Morgan fingerprint density at radius 1 is 0.700 bits per heavy atom. The molecule has 2 saturated carbocycles. The van der Waals surface area contributed by atoms with Gasteiger partial charge in [-0.1, -0.05) is 0 Å². The van der Waals surface area contributed by atoms with Crippen LogP contribution in [-0.2, 0) is 9.47 Å². The zero-order valence-corrected chi connectivity index (χ0v) is 34.9. The van der Waals surface area contributed by atoms with Crippen molar-refractivity contribution < 1.29 is 23.7 Å². The van der Waals surface area contributed by atoms with Crippen LogP contribution < -0.4 is 35.6 Å². The molecule has 4 N–H and O–H groups in total. The van der Waals surface area contributed by atoms with Crippen molar-refractivity contribution in [3.05, 3.63) is 66.3 Å². The van der Waals surface area contributed by atoms with Crippen LogP contribution in [0.5, 0.6) is 11.5 Å². The van der Waals surface area contributed by atoms with Crippen molar-refractivity contribution in [3.63, 3.8) is 0 Å². The van der Waals surface area contributed by atoms with Gasteiger partial charge in [0.1, 0.15) is 28.8 Å². The molecule has 2 aliphatic heterocycles. The molecule has 1 amide bonds. The average molecular weight is 820 g/mol. The van der Waals surface area contributed by atoms with Crippen LogP contribution in [0.3, 0.4) is 0 Å². The van der Waals surface area contributed by atoms with E-state index in [9.17, 15) is 4.79 Å². The molecule has 9 rings (SSSR count). The molecule has 2 aliphatic carbocycles.